The molecule has 0 radical (unpaired) electrons. The normalized spacial score (nSPS) is 28.4. The number of hydrogen-bond acceptors (Lipinski definition) is 2. The molecule has 0 fully saturated rings. The molecule has 1 aromatic rings. The van der Waals surface area contributed by atoms with Gasteiger partial charge in [0.15, 0.2) is 0 Å². The molecule has 3 atom stereocenters. The minimum Gasteiger partial charge on any atom is -0.480 e. The predicted octanol–water partition coefficient (Wildman–Crippen LogP) is 2.84. The Balaban J connectivity index is 2.14. The molecule has 0 amide bonds. The molecule has 94 valence electrons. The van der Waals surface area contributed by atoms with Crippen molar-refractivity contribution in [3.05, 3.63) is 41.0 Å². The Bertz CT molecular complexity index is 548. The molecule has 1 aromatic carbocycles. The van der Waals surface area contributed by atoms with E-state index in [9.17, 15) is 9.90 Å². The van der Waals surface area contributed by atoms with E-state index < -0.39 is 12.0 Å². The van der Waals surface area contributed by atoms with E-state index in [-0.39, 0.29) is 11.8 Å². The molecule has 0 bridgehead atoms. The highest BCUT2D eigenvalue weighted by Gasteiger charge is 2.41. The van der Waals surface area contributed by atoms with Crippen LogP contribution < -0.4 is 5.32 Å². The van der Waals surface area contributed by atoms with Crippen molar-refractivity contribution in [3.63, 3.8) is 0 Å². The number of carboxylic acid groups (broad SMARTS) is 1. The summed E-state index contributed by atoms with van der Waals surface area (Å²) in [6.07, 6.45) is 5.12. The van der Waals surface area contributed by atoms with Crippen molar-refractivity contribution >= 4 is 11.7 Å². The molecule has 3 heteroatoms. The number of aryl methyl sites for hydroxylation is 2. The molecular formula is C15H17NO2. The summed E-state index contributed by atoms with van der Waals surface area (Å²) in [6.45, 7) is 4.13. The van der Waals surface area contributed by atoms with Crippen LogP contribution in [0.3, 0.4) is 0 Å². The Hall–Kier alpha value is -1.77. The molecule has 2 aliphatic rings. The molecular weight excluding hydrogens is 226 g/mol. The molecule has 1 aliphatic heterocycles. The van der Waals surface area contributed by atoms with Gasteiger partial charge in [0.25, 0.3) is 0 Å². The van der Waals surface area contributed by atoms with E-state index in [0.717, 1.165) is 17.7 Å². The average molecular weight is 243 g/mol. The maximum Gasteiger partial charge on any atom is 0.326 e. The van der Waals surface area contributed by atoms with Gasteiger partial charge in [-0.2, -0.15) is 0 Å². The van der Waals surface area contributed by atoms with Gasteiger partial charge in [-0.25, -0.2) is 4.79 Å². The van der Waals surface area contributed by atoms with E-state index >= 15 is 0 Å². The van der Waals surface area contributed by atoms with Gasteiger partial charge in [0.2, 0.25) is 0 Å². The molecule has 0 aromatic heterocycles. The summed E-state index contributed by atoms with van der Waals surface area (Å²) in [5.74, 6) is -0.350. The maximum absolute atomic E-state index is 11.4. The van der Waals surface area contributed by atoms with Crippen LogP contribution >= 0.6 is 0 Å². The quantitative estimate of drug-likeness (QED) is 0.746. The zero-order chi connectivity index (χ0) is 12.9. The van der Waals surface area contributed by atoms with E-state index in [0.29, 0.717) is 0 Å². The Morgan fingerprint density at radius 2 is 2.17 bits per heavy atom. The lowest BCUT2D eigenvalue weighted by Crippen LogP contribution is -2.42. The smallest absolute Gasteiger partial charge is 0.326 e. The van der Waals surface area contributed by atoms with Crippen LogP contribution in [0.2, 0.25) is 0 Å². The Labute approximate surface area is 107 Å². The highest BCUT2D eigenvalue weighted by atomic mass is 16.4. The van der Waals surface area contributed by atoms with Gasteiger partial charge in [-0.15, -0.1) is 0 Å². The van der Waals surface area contributed by atoms with E-state index in [2.05, 4.69) is 36.5 Å². The highest BCUT2D eigenvalue weighted by molar-refractivity contribution is 5.81. The van der Waals surface area contributed by atoms with Gasteiger partial charge in [-0.05, 0) is 31.4 Å². The van der Waals surface area contributed by atoms with Crippen LogP contribution in [-0.2, 0) is 4.79 Å². The molecule has 0 saturated heterocycles. The third-order valence-corrected chi connectivity index (χ3v) is 4.08. The van der Waals surface area contributed by atoms with Crippen LogP contribution in [0.4, 0.5) is 5.69 Å². The van der Waals surface area contributed by atoms with Gasteiger partial charge in [-0.1, -0.05) is 29.8 Å². The predicted molar refractivity (Wildman–Crippen MR) is 71.0 cm³/mol. The SMILES string of the molecule is Cc1cc(C)c2c(c1)[C@@H]1C=CC[C@@H]1[C@H](C(=O)O)N2. The van der Waals surface area contributed by atoms with Gasteiger partial charge < -0.3 is 10.4 Å². The van der Waals surface area contributed by atoms with Crippen molar-refractivity contribution in [2.75, 3.05) is 5.32 Å². The minimum atomic E-state index is -0.751. The van der Waals surface area contributed by atoms with Crippen molar-refractivity contribution in [2.45, 2.75) is 32.2 Å². The Morgan fingerprint density at radius 1 is 1.39 bits per heavy atom. The maximum atomic E-state index is 11.4. The minimum absolute atomic E-state index is 0.149. The Morgan fingerprint density at radius 3 is 2.89 bits per heavy atom. The lowest BCUT2D eigenvalue weighted by Gasteiger charge is -2.35. The number of anilines is 1. The van der Waals surface area contributed by atoms with Crippen molar-refractivity contribution < 1.29 is 9.90 Å². The standard InChI is InChI=1S/C15H17NO2/c1-8-6-9(2)13-12(7-8)10-4-3-5-11(10)14(16-13)15(17)18/h3-4,6-7,10-11,14,16H,5H2,1-2H3,(H,17,18)/t10-,11+,14-/m1/s1. The van der Waals surface area contributed by atoms with Crippen LogP contribution in [0.1, 0.15) is 29.0 Å². The van der Waals surface area contributed by atoms with Gasteiger partial charge in [0, 0.05) is 17.5 Å². The molecule has 18 heavy (non-hydrogen) atoms. The highest BCUT2D eigenvalue weighted by Crippen LogP contribution is 2.45. The molecule has 3 nitrogen and oxygen atoms in total. The summed E-state index contributed by atoms with van der Waals surface area (Å²) in [6, 6.07) is 3.81. The van der Waals surface area contributed by atoms with Crippen LogP contribution in [0.15, 0.2) is 24.3 Å². The number of carboxylic acids is 1. The summed E-state index contributed by atoms with van der Waals surface area (Å²) < 4.78 is 0. The molecule has 3 rings (SSSR count). The Kier molecular flexibility index (Phi) is 2.44. The van der Waals surface area contributed by atoms with E-state index in [4.69, 9.17) is 0 Å². The topological polar surface area (TPSA) is 49.3 Å². The second-order valence-corrected chi connectivity index (χ2v) is 5.36. The van der Waals surface area contributed by atoms with Crippen molar-refractivity contribution in [1.29, 1.82) is 0 Å². The summed E-state index contributed by atoms with van der Waals surface area (Å²) in [5.41, 5.74) is 4.64. The van der Waals surface area contributed by atoms with Crippen LogP contribution in [-0.4, -0.2) is 17.1 Å². The van der Waals surface area contributed by atoms with E-state index in [1.807, 2.05) is 6.92 Å². The second-order valence-electron chi connectivity index (χ2n) is 5.36. The van der Waals surface area contributed by atoms with Crippen LogP contribution in [0, 0.1) is 19.8 Å². The zero-order valence-corrected chi connectivity index (χ0v) is 10.6. The number of fused-ring (bicyclic) bond motifs is 3. The number of nitrogens with one attached hydrogen (secondary N) is 1. The van der Waals surface area contributed by atoms with Crippen molar-refractivity contribution in [3.8, 4) is 0 Å². The lowest BCUT2D eigenvalue weighted by atomic mass is 9.78. The second kappa shape index (κ2) is 3.87. The van der Waals surface area contributed by atoms with E-state index in [1.165, 1.54) is 11.1 Å². The number of benzene rings is 1. The summed E-state index contributed by atoms with van der Waals surface area (Å²) in [5, 5.41) is 12.6. The molecule has 0 spiro atoms. The average Bonchev–Trinajstić information content (AvgIpc) is 2.76. The number of allylic oxidation sites excluding steroid dienone is 2. The molecule has 0 saturated carbocycles. The summed E-state index contributed by atoms with van der Waals surface area (Å²) in [7, 11) is 0. The van der Waals surface area contributed by atoms with Gasteiger partial charge in [0.1, 0.15) is 6.04 Å². The van der Waals surface area contributed by atoms with Crippen molar-refractivity contribution in [1.82, 2.24) is 0 Å². The summed E-state index contributed by atoms with van der Waals surface area (Å²) >= 11 is 0. The van der Waals surface area contributed by atoms with E-state index in [1.54, 1.807) is 0 Å². The number of aliphatic carboxylic acids is 1. The number of hydrogen-bond donors (Lipinski definition) is 2. The van der Waals surface area contributed by atoms with Gasteiger partial charge in [0.05, 0.1) is 0 Å². The lowest BCUT2D eigenvalue weighted by molar-refractivity contribution is -0.139. The largest absolute Gasteiger partial charge is 0.480 e. The molecule has 1 aliphatic carbocycles. The first-order chi connectivity index (χ1) is 8.58. The fourth-order valence-corrected chi connectivity index (χ4v) is 3.32. The van der Waals surface area contributed by atoms with Gasteiger partial charge in [-0.3, -0.25) is 0 Å². The molecule has 2 N–H and O–H groups in total. The first-order valence-electron chi connectivity index (χ1n) is 6.35. The van der Waals surface area contributed by atoms with Crippen molar-refractivity contribution in [2.24, 2.45) is 5.92 Å². The number of carbonyl (C=O) groups is 1. The fraction of sp³-hybridized carbons (Fsp3) is 0.400. The third kappa shape index (κ3) is 1.54. The first-order valence-corrected chi connectivity index (χ1v) is 6.35. The molecule has 1 heterocycles. The first kappa shape index (κ1) is 11.3. The van der Waals surface area contributed by atoms with Crippen LogP contribution in [0.5, 0.6) is 0 Å². The monoisotopic (exact) mass is 243 g/mol. The molecule has 0 unspecified atom stereocenters. The third-order valence-electron chi connectivity index (χ3n) is 4.08. The van der Waals surface area contributed by atoms with Crippen LogP contribution in [0.25, 0.3) is 0 Å². The van der Waals surface area contributed by atoms with Gasteiger partial charge >= 0.3 is 5.97 Å². The number of rotatable bonds is 1. The fourth-order valence-electron chi connectivity index (χ4n) is 3.32. The zero-order valence-electron chi connectivity index (χ0n) is 10.6. The summed E-state index contributed by atoms with van der Waals surface area (Å²) in [4.78, 5) is 11.4.